The number of carbonyl (C=O) groups is 1. The van der Waals surface area contributed by atoms with Crippen molar-refractivity contribution in [3.05, 3.63) is 34.4 Å². The predicted molar refractivity (Wildman–Crippen MR) is 64.5 cm³/mol. The van der Waals surface area contributed by atoms with Gasteiger partial charge in [-0.1, -0.05) is 15.9 Å². The number of carboxylic acid groups (broad SMARTS) is 1. The van der Waals surface area contributed by atoms with E-state index in [-0.39, 0.29) is 11.8 Å². The quantitative estimate of drug-likeness (QED) is 0.888. The molecule has 0 aliphatic heterocycles. The molecule has 0 saturated heterocycles. The number of H-pyrrole nitrogens is 1. The van der Waals surface area contributed by atoms with E-state index in [1.54, 1.807) is 0 Å². The van der Waals surface area contributed by atoms with E-state index in [4.69, 9.17) is 5.11 Å². The number of fused-ring (bicyclic) bond motifs is 1. The molecule has 1 aliphatic carbocycles. The molecule has 4 heteroatoms. The highest BCUT2D eigenvalue weighted by Crippen LogP contribution is 2.47. The molecule has 1 aromatic heterocycles. The minimum Gasteiger partial charge on any atom is -0.481 e. The van der Waals surface area contributed by atoms with Crippen LogP contribution in [0.15, 0.2) is 28.7 Å². The average Bonchev–Trinajstić information content (AvgIpc) is 2.93. The van der Waals surface area contributed by atoms with Crippen LogP contribution in [0.1, 0.15) is 18.0 Å². The zero-order chi connectivity index (χ0) is 11.3. The Bertz CT molecular complexity index is 575. The summed E-state index contributed by atoms with van der Waals surface area (Å²) in [6.07, 6.45) is 0.753. The molecule has 0 bridgehead atoms. The zero-order valence-electron chi connectivity index (χ0n) is 8.40. The first-order valence-corrected chi connectivity index (χ1v) is 5.95. The summed E-state index contributed by atoms with van der Waals surface area (Å²) in [4.78, 5) is 14.1. The van der Waals surface area contributed by atoms with Crippen molar-refractivity contribution in [2.75, 3.05) is 0 Å². The van der Waals surface area contributed by atoms with E-state index in [2.05, 4.69) is 20.9 Å². The van der Waals surface area contributed by atoms with Crippen molar-refractivity contribution >= 4 is 32.8 Å². The van der Waals surface area contributed by atoms with Crippen LogP contribution in [-0.4, -0.2) is 16.1 Å². The van der Waals surface area contributed by atoms with Gasteiger partial charge in [-0.05, 0) is 30.7 Å². The molecule has 2 N–H and O–H groups in total. The Kier molecular flexibility index (Phi) is 2.07. The van der Waals surface area contributed by atoms with Crippen LogP contribution in [0.2, 0.25) is 0 Å². The maximum atomic E-state index is 10.8. The van der Waals surface area contributed by atoms with Crippen molar-refractivity contribution in [2.24, 2.45) is 5.92 Å². The monoisotopic (exact) mass is 279 g/mol. The third-order valence-electron chi connectivity index (χ3n) is 3.11. The lowest BCUT2D eigenvalue weighted by atomic mass is 10.2. The summed E-state index contributed by atoms with van der Waals surface area (Å²) in [5, 5.41) is 10.0. The van der Waals surface area contributed by atoms with Gasteiger partial charge in [0.05, 0.1) is 5.92 Å². The van der Waals surface area contributed by atoms with Gasteiger partial charge in [-0.3, -0.25) is 4.79 Å². The summed E-state index contributed by atoms with van der Waals surface area (Å²) >= 11 is 3.42. The van der Waals surface area contributed by atoms with Crippen molar-refractivity contribution in [3.8, 4) is 0 Å². The lowest BCUT2D eigenvalue weighted by Gasteiger charge is -1.91. The van der Waals surface area contributed by atoms with Crippen LogP contribution in [0.5, 0.6) is 0 Å². The van der Waals surface area contributed by atoms with Crippen LogP contribution in [0.25, 0.3) is 10.9 Å². The van der Waals surface area contributed by atoms with Gasteiger partial charge in [-0.15, -0.1) is 0 Å². The second-order valence-electron chi connectivity index (χ2n) is 4.24. The smallest absolute Gasteiger partial charge is 0.307 e. The van der Waals surface area contributed by atoms with Gasteiger partial charge in [-0.2, -0.15) is 0 Å². The Balaban J connectivity index is 1.98. The Morgan fingerprint density at radius 1 is 1.44 bits per heavy atom. The standard InChI is InChI=1S/C12H10BrNO2/c13-7-1-2-10-6(3-7)4-11(14-10)8-5-9(8)12(15)16/h1-4,8-9,14H,5H2,(H,15,16)/t8-,9-/m1/s1. The van der Waals surface area contributed by atoms with E-state index < -0.39 is 5.97 Å². The second kappa shape index (κ2) is 3.35. The fraction of sp³-hybridized carbons (Fsp3) is 0.250. The molecule has 0 amide bonds. The van der Waals surface area contributed by atoms with Gasteiger partial charge in [0.2, 0.25) is 0 Å². The lowest BCUT2D eigenvalue weighted by Crippen LogP contribution is -1.98. The zero-order valence-corrected chi connectivity index (χ0v) is 9.99. The van der Waals surface area contributed by atoms with Gasteiger partial charge in [0.25, 0.3) is 0 Å². The van der Waals surface area contributed by atoms with Gasteiger partial charge in [0, 0.05) is 27.0 Å². The highest BCUT2D eigenvalue weighted by Gasteiger charge is 2.45. The fourth-order valence-corrected chi connectivity index (χ4v) is 2.52. The van der Waals surface area contributed by atoms with Crippen molar-refractivity contribution < 1.29 is 9.90 Å². The summed E-state index contributed by atoms with van der Waals surface area (Å²) in [6, 6.07) is 8.06. The summed E-state index contributed by atoms with van der Waals surface area (Å²) in [5.41, 5.74) is 2.11. The number of hydrogen-bond acceptors (Lipinski definition) is 1. The Morgan fingerprint density at radius 3 is 2.94 bits per heavy atom. The number of aliphatic carboxylic acids is 1. The molecule has 0 unspecified atom stereocenters. The van der Waals surface area contributed by atoms with Crippen LogP contribution in [0.4, 0.5) is 0 Å². The predicted octanol–water partition coefficient (Wildman–Crippen LogP) is 3.12. The summed E-state index contributed by atoms with van der Waals surface area (Å²) in [7, 11) is 0. The van der Waals surface area contributed by atoms with E-state index in [0.29, 0.717) is 0 Å². The van der Waals surface area contributed by atoms with Crippen LogP contribution in [0.3, 0.4) is 0 Å². The van der Waals surface area contributed by atoms with E-state index in [1.165, 1.54) is 0 Å². The number of hydrogen-bond donors (Lipinski definition) is 2. The molecule has 1 fully saturated rings. The molecule has 1 heterocycles. The first kappa shape index (κ1) is 9.90. The third-order valence-corrected chi connectivity index (χ3v) is 3.60. The molecule has 2 aromatic rings. The number of rotatable bonds is 2. The minimum atomic E-state index is -0.690. The van der Waals surface area contributed by atoms with E-state index in [0.717, 1.165) is 27.5 Å². The Hall–Kier alpha value is -1.29. The minimum absolute atomic E-state index is 0.170. The van der Waals surface area contributed by atoms with Crippen LogP contribution in [-0.2, 0) is 4.79 Å². The Morgan fingerprint density at radius 2 is 2.25 bits per heavy atom. The number of benzene rings is 1. The van der Waals surface area contributed by atoms with Gasteiger partial charge in [-0.25, -0.2) is 0 Å². The number of nitrogens with one attached hydrogen (secondary N) is 1. The molecule has 3 nitrogen and oxygen atoms in total. The van der Waals surface area contributed by atoms with Crippen molar-refractivity contribution in [1.29, 1.82) is 0 Å². The highest BCUT2D eigenvalue weighted by molar-refractivity contribution is 9.10. The first-order valence-electron chi connectivity index (χ1n) is 5.16. The molecule has 82 valence electrons. The molecule has 16 heavy (non-hydrogen) atoms. The maximum absolute atomic E-state index is 10.8. The normalized spacial score (nSPS) is 23.6. The van der Waals surface area contributed by atoms with Crippen molar-refractivity contribution in [3.63, 3.8) is 0 Å². The highest BCUT2D eigenvalue weighted by atomic mass is 79.9. The molecule has 2 atom stereocenters. The molecule has 1 aromatic carbocycles. The van der Waals surface area contributed by atoms with Gasteiger partial charge in [0.15, 0.2) is 0 Å². The number of aromatic nitrogens is 1. The maximum Gasteiger partial charge on any atom is 0.307 e. The number of carboxylic acids is 1. The van der Waals surface area contributed by atoms with Crippen molar-refractivity contribution in [1.82, 2.24) is 4.98 Å². The van der Waals surface area contributed by atoms with Gasteiger partial charge >= 0.3 is 5.97 Å². The van der Waals surface area contributed by atoms with Crippen LogP contribution < -0.4 is 0 Å². The molecule has 0 spiro atoms. The molecule has 3 rings (SSSR count). The number of halogens is 1. The third kappa shape index (κ3) is 1.53. The molecule has 1 aliphatic rings. The fourth-order valence-electron chi connectivity index (χ4n) is 2.14. The summed E-state index contributed by atoms with van der Waals surface area (Å²) < 4.78 is 1.04. The molecular weight excluding hydrogens is 270 g/mol. The summed E-state index contributed by atoms with van der Waals surface area (Å²) in [6.45, 7) is 0. The average molecular weight is 280 g/mol. The second-order valence-corrected chi connectivity index (χ2v) is 5.16. The van der Waals surface area contributed by atoms with Crippen molar-refractivity contribution in [2.45, 2.75) is 12.3 Å². The van der Waals surface area contributed by atoms with Gasteiger partial charge in [0.1, 0.15) is 0 Å². The van der Waals surface area contributed by atoms with Gasteiger partial charge < -0.3 is 10.1 Å². The Labute approximate surface area is 101 Å². The van der Waals surface area contributed by atoms with Crippen LogP contribution >= 0.6 is 15.9 Å². The molecular formula is C12H10BrNO2. The van der Waals surface area contributed by atoms with E-state index in [1.807, 2.05) is 24.3 Å². The SMILES string of the molecule is O=C(O)[C@@H]1C[C@H]1c1cc2cc(Br)ccc2[nH]1. The van der Waals surface area contributed by atoms with E-state index in [9.17, 15) is 4.79 Å². The lowest BCUT2D eigenvalue weighted by molar-refractivity contribution is -0.138. The summed E-state index contributed by atoms with van der Waals surface area (Å²) in [5.74, 6) is -0.718. The first-order chi connectivity index (χ1) is 7.65. The largest absolute Gasteiger partial charge is 0.481 e. The molecule has 0 radical (unpaired) electrons. The molecule has 1 saturated carbocycles. The number of aromatic amines is 1. The van der Waals surface area contributed by atoms with E-state index >= 15 is 0 Å². The van der Waals surface area contributed by atoms with Crippen LogP contribution in [0, 0.1) is 5.92 Å². The topological polar surface area (TPSA) is 53.1 Å².